The third-order valence-electron chi connectivity index (χ3n) is 3.96. The highest BCUT2D eigenvalue weighted by Gasteiger charge is 2.15. The summed E-state index contributed by atoms with van der Waals surface area (Å²) in [7, 11) is 0. The van der Waals surface area contributed by atoms with Crippen molar-refractivity contribution in [2.24, 2.45) is 0 Å². The number of hydrogen-bond donors (Lipinski definition) is 2. The number of carbonyl (C=O) groups is 3. The summed E-state index contributed by atoms with van der Waals surface area (Å²) in [6.45, 7) is 1.96. The van der Waals surface area contributed by atoms with Crippen LogP contribution in [0.25, 0.3) is 0 Å². The van der Waals surface area contributed by atoms with E-state index < -0.39 is 5.97 Å². The number of amides is 2. The molecule has 1 aromatic carbocycles. The highest BCUT2D eigenvalue weighted by molar-refractivity contribution is 5.95. The molecular formula is C17H22N2O4. The fourth-order valence-electron chi connectivity index (χ4n) is 2.61. The van der Waals surface area contributed by atoms with Gasteiger partial charge in [-0.2, -0.15) is 0 Å². The van der Waals surface area contributed by atoms with Crippen LogP contribution in [-0.4, -0.2) is 47.4 Å². The van der Waals surface area contributed by atoms with Crippen LogP contribution in [0.5, 0.6) is 0 Å². The number of aromatic carboxylic acids is 1. The monoisotopic (exact) mass is 318 g/mol. The second-order valence-corrected chi connectivity index (χ2v) is 5.68. The van der Waals surface area contributed by atoms with Gasteiger partial charge >= 0.3 is 5.97 Å². The summed E-state index contributed by atoms with van der Waals surface area (Å²) < 4.78 is 0. The highest BCUT2D eigenvalue weighted by atomic mass is 16.4. The fourth-order valence-corrected chi connectivity index (χ4v) is 2.61. The number of carboxylic acids is 1. The maximum Gasteiger partial charge on any atom is 0.335 e. The van der Waals surface area contributed by atoms with Gasteiger partial charge in [0.15, 0.2) is 0 Å². The van der Waals surface area contributed by atoms with Gasteiger partial charge in [0.2, 0.25) is 5.91 Å². The minimum atomic E-state index is -1.01. The predicted octanol–water partition coefficient (Wildman–Crippen LogP) is 1.91. The standard InChI is InChI=1S/C17H22N2O4/c20-15-5-2-1-3-11-19(15)12-4-10-18-16(21)13-6-8-14(9-7-13)17(22)23/h6-9H,1-5,10-12H2,(H,18,21)(H,22,23). The zero-order chi connectivity index (χ0) is 16.7. The first kappa shape index (κ1) is 17.0. The Hall–Kier alpha value is -2.37. The van der Waals surface area contributed by atoms with E-state index in [-0.39, 0.29) is 17.4 Å². The van der Waals surface area contributed by atoms with Crippen molar-refractivity contribution < 1.29 is 19.5 Å². The summed E-state index contributed by atoms with van der Waals surface area (Å²) in [6.07, 6.45) is 4.46. The number of benzene rings is 1. The molecule has 1 aliphatic rings. The van der Waals surface area contributed by atoms with Gasteiger partial charge in [0.25, 0.3) is 5.91 Å². The molecule has 6 nitrogen and oxygen atoms in total. The third-order valence-corrected chi connectivity index (χ3v) is 3.96. The van der Waals surface area contributed by atoms with Gasteiger partial charge in [-0.15, -0.1) is 0 Å². The second-order valence-electron chi connectivity index (χ2n) is 5.68. The number of hydrogen-bond acceptors (Lipinski definition) is 3. The van der Waals surface area contributed by atoms with Crippen molar-refractivity contribution in [1.82, 2.24) is 10.2 Å². The fraction of sp³-hybridized carbons (Fsp3) is 0.471. The van der Waals surface area contributed by atoms with Crippen molar-refractivity contribution in [2.75, 3.05) is 19.6 Å². The molecule has 1 saturated heterocycles. The Morgan fingerprint density at radius 3 is 2.48 bits per heavy atom. The summed E-state index contributed by atoms with van der Waals surface area (Å²) in [4.78, 5) is 36.4. The number of nitrogens with one attached hydrogen (secondary N) is 1. The SMILES string of the molecule is O=C(O)c1ccc(C(=O)NCCCN2CCCCCC2=O)cc1. The van der Waals surface area contributed by atoms with Crippen LogP contribution in [0, 0.1) is 0 Å². The van der Waals surface area contributed by atoms with Crippen molar-refractivity contribution in [3.63, 3.8) is 0 Å². The molecular weight excluding hydrogens is 296 g/mol. The van der Waals surface area contributed by atoms with Crippen molar-refractivity contribution in [3.05, 3.63) is 35.4 Å². The summed E-state index contributed by atoms with van der Waals surface area (Å²) >= 11 is 0. The van der Waals surface area contributed by atoms with E-state index in [0.717, 1.165) is 25.8 Å². The van der Waals surface area contributed by atoms with Gasteiger partial charge in [-0.05, 0) is 43.5 Å². The molecule has 6 heteroatoms. The molecule has 2 amide bonds. The second kappa shape index (κ2) is 8.31. The van der Waals surface area contributed by atoms with Crippen LogP contribution in [0.3, 0.4) is 0 Å². The molecule has 0 atom stereocenters. The van der Waals surface area contributed by atoms with E-state index in [1.165, 1.54) is 24.3 Å². The van der Waals surface area contributed by atoms with E-state index in [4.69, 9.17) is 5.11 Å². The van der Waals surface area contributed by atoms with Crippen LogP contribution in [-0.2, 0) is 4.79 Å². The lowest BCUT2D eigenvalue weighted by Crippen LogP contribution is -2.34. The van der Waals surface area contributed by atoms with Crippen LogP contribution in [0.2, 0.25) is 0 Å². The van der Waals surface area contributed by atoms with Crippen molar-refractivity contribution in [3.8, 4) is 0 Å². The molecule has 0 unspecified atom stereocenters. The van der Waals surface area contributed by atoms with Gasteiger partial charge < -0.3 is 15.3 Å². The van der Waals surface area contributed by atoms with E-state index in [0.29, 0.717) is 31.5 Å². The number of rotatable bonds is 6. The largest absolute Gasteiger partial charge is 0.478 e. The first-order valence-corrected chi connectivity index (χ1v) is 7.97. The molecule has 1 aliphatic heterocycles. The van der Waals surface area contributed by atoms with Crippen molar-refractivity contribution in [1.29, 1.82) is 0 Å². The van der Waals surface area contributed by atoms with Crippen LogP contribution >= 0.6 is 0 Å². The van der Waals surface area contributed by atoms with Crippen LogP contribution in [0.15, 0.2) is 24.3 Å². The molecule has 0 bridgehead atoms. The molecule has 0 spiro atoms. The molecule has 0 aromatic heterocycles. The Bertz CT molecular complexity index is 568. The number of carbonyl (C=O) groups excluding carboxylic acids is 2. The van der Waals surface area contributed by atoms with Crippen LogP contribution in [0.1, 0.15) is 52.8 Å². The molecule has 1 aromatic rings. The Morgan fingerprint density at radius 1 is 1.09 bits per heavy atom. The van der Waals surface area contributed by atoms with Gasteiger partial charge in [0, 0.05) is 31.6 Å². The van der Waals surface area contributed by atoms with E-state index in [2.05, 4.69) is 5.32 Å². The average molecular weight is 318 g/mol. The zero-order valence-electron chi connectivity index (χ0n) is 13.1. The average Bonchev–Trinajstić information content (AvgIpc) is 2.76. The van der Waals surface area contributed by atoms with Crippen LogP contribution in [0.4, 0.5) is 0 Å². The van der Waals surface area contributed by atoms with Gasteiger partial charge in [-0.3, -0.25) is 9.59 Å². The maximum absolute atomic E-state index is 12.0. The van der Waals surface area contributed by atoms with E-state index in [1.807, 2.05) is 4.90 Å². The molecule has 0 aliphatic carbocycles. The zero-order valence-corrected chi connectivity index (χ0v) is 13.1. The lowest BCUT2D eigenvalue weighted by atomic mass is 10.1. The van der Waals surface area contributed by atoms with Gasteiger partial charge in [-0.1, -0.05) is 6.42 Å². The summed E-state index contributed by atoms with van der Waals surface area (Å²) in [5.74, 6) is -1.04. The Balaban J connectivity index is 1.74. The first-order chi connectivity index (χ1) is 11.1. The molecule has 2 N–H and O–H groups in total. The Morgan fingerprint density at radius 2 is 1.78 bits per heavy atom. The van der Waals surface area contributed by atoms with Gasteiger partial charge in [0.1, 0.15) is 0 Å². The van der Waals surface area contributed by atoms with Gasteiger partial charge in [-0.25, -0.2) is 4.79 Å². The van der Waals surface area contributed by atoms with Crippen molar-refractivity contribution >= 4 is 17.8 Å². The molecule has 1 heterocycles. The maximum atomic E-state index is 12.0. The first-order valence-electron chi connectivity index (χ1n) is 7.97. The van der Waals surface area contributed by atoms with Gasteiger partial charge in [0.05, 0.1) is 5.56 Å². The lowest BCUT2D eigenvalue weighted by Gasteiger charge is -2.20. The Labute approximate surface area is 135 Å². The van der Waals surface area contributed by atoms with E-state index in [1.54, 1.807) is 0 Å². The summed E-state index contributed by atoms with van der Waals surface area (Å²) in [5.41, 5.74) is 0.585. The predicted molar refractivity (Wildman–Crippen MR) is 85.4 cm³/mol. The van der Waals surface area contributed by atoms with Crippen molar-refractivity contribution in [2.45, 2.75) is 32.1 Å². The topological polar surface area (TPSA) is 86.7 Å². The quantitative estimate of drug-likeness (QED) is 0.784. The number of nitrogens with zero attached hydrogens (tertiary/aromatic N) is 1. The smallest absolute Gasteiger partial charge is 0.335 e. The molecule has 23 heavy (non-hydrogen) atoms. The summed E-state index contributed by atoms with van der Waals surface area (Å²) in [6, 6.07) is 5.81. The number of carboxylic acid groups (broad SMARTS) is 1. The summed E-state index contributed by atoms with van der Waals surface area (Å²) in [5, 5.41) is 11.6. The molecule has 0 radical (unpaired) electrons. The highest BCUT2D eigenvalue weighted by Crippen LogP contribution is 2.11. The van der Waals surface area contributed by atoms with E-state index >= 15 is 0 Å². The molecule has 0 saturated carbocycles. The molecule has 2 rings (SSSR count). The normalized spacial score (nSPS) is 15.1. The Kier molecular flexibility index (Phi) is 6.14. The van der Waals surface area contributed by atoms with Crippen LogP contribution < -0.4 is 5.32 Å². The minimum Gasteiger partial charge on any atom is -0.478 e. The molecule has 124 valence electrons. The third kappa shape index (κ3) is 5.09. The van der Waals surface area contributed by atoms with E-state index in [9.17, 15) is 14.4 Å². The number of likely N-dealkylation sites (tertiary alicyclic amines) is 1. The lowest BCUT2D eigenvalue weighted by molar-refractivity contribution is -0.130. The molecule has 1 fully saturated rings. The minimum absolute atomic E-state index is 0.154.